The number of nitrogens with zero attached hydrogens (tertiary/aromatic N) is 1. The molecule has 8 heteroatoms. The summed E-state index contributed by atoms with van der Waals surface area (Å²) in [7, 11) is 0. The fourth-order valence-electron chi connectivity index (χ4n) is 1.34. The zero-order valence-corrected chi connectivity index (χ0v) is 10.8. The zero-order valence-electron chi connectivity index (χ0n) is 9.20. The fourth-order valence-corrected chi connectivity index (χ4v) is 2.20. The lowest BCUT2D eigenvalue weighted by Gasteiger charge is -2.05. The number of nitro benzene ring substituents is 1. The SMILES string of the molecule is O=C(O)c1cc(Oc2c(Cl)cccc2[N+](=O)[O-])cs1. The van der Waals surface area contributed by atoms with Crippen LogP contribution < -0.4 is 4.74 Å². The van der Waals surface area contributed by atoms with Gasteiger partial charge >= 0.3 is 11.7 Å². The van der Waals surface area contributed by atoms with Crippen molar-refractivity contribution in [3.05, 3.63) is 49.7 Å². The Bertz CT molecular complexity index is 654. The molecular formula is C11H6ClNO5S. The quantitative estimate of drug-likeness (QED) is 0.685. The second-order valence-corrected chi connectivity index (χ2v) is 4.72. The lowest BCUT2D eigenvalue weighted by molar-refractivity contribution is -0.385. The molecule has 6 nitrogen and oxygen atoms in total. The highest BCUT2D eigenvalue weighted by Gasteiger charge is 2.20. The predicted octanol–water partition coefficient (Wildman–Crippen LogP) is 3.80. The summed E-state index contributed by atoms with van der Waals surface area (Å²) < 4.78 is 5.31. The van der Waals surface area contributed by atoms with E-state index in [1.807, 2.05) is 0 Å². The van der Waals surface area contributed by atoms with Crippen LogP contribution in [0, 0.1) is 10.1 Å². The minimum atomic E-state index is -1.09. The normalized spacial score (nSPS) is 10.2. The number of ether oxygens (including phenoxy) is 1. The van der Waals surface area contributed by atoms with Crippen molar-refractivity contribution >= 4 is 34.6 Å². The van der Waals surface area contributed by atoms with Crippen molar-refractivity contribution < 1.29 is 19.6 Å². The van der Waals surface area contributed by atoms with Gasteiger partial charge in [-0.1, -0.05) is 17.7 Å². The average Bonchev–Trinajstić information content (AvgIpc) is 2.80. The smallest absolute Gasteiger partial charge is 0.346 e. The standard InChI is InChI=1S/C11H6ClNO5S/c12-7-2-1-3-8(13(16)17)10(7)18-6-4-9(11(14)15)19-5-6/h1-5H,(H,14,15). The van der Waals surface area contributed by atoms with Crippen molar-refractivity contribution in [3.63, 3.8) is 0 Å². The van der Waals surface area contributed by atoms with Crippen molar-refractivity contribution in [1.29, 1.82) is 0 Å². The third-order valence-electron chi connectivity index (χ3n) is 2.15. The molecule has 0 fully saturated rings. The number of benzene rings is 1. The molecular weight excluding hydrogens is 294 g/mol. The number of hydrogen-bond acceptors (Lipinski definition) is 5. The van der Waals surface area contributed by atoms with Crippen molar-refractivity contribution in [1.82, 2.24) is 0 Å². The summed E-state index contributed by atoms with van der Waals surface area (Å²) in [5.74, 6) is -1.00. The maximum atomic E-state index is 10.9. The molecule has 0 bridgehead atoms. The van der Waals surface area contributed by atoms with Crippen LogP contribution in [0.2, 0.25) is 5.02 Å². The number of para-hydroxylation sites is 1. The number of hydrogen-bond donors (Lipinski definition) is 1. The topological polar surface area (TPSA) is 89.7 Å². The first kappa shape index (κ1) is 13.3. The first-order valence-corrected chi connectivity index (χ1v) is 6.17. The molecule has 0 saturated heterocycles. The van der Waals surface area contributed by atoms with Gasteiger partial charge in [0.15, 0.2) is 0 Å². The van der Waals surface area contributed by atoms with E-state index in [2.05, 4.69) is 0 Å². The molecule has 0 amide bonds. The molecule has 0 spiro atoms. The third kappa shape index (κ3) is 2.83. The summed E-state index contributed by atoms with van der Waals surface area (Å²) in [5, 5.41) is 21.2. The van der Waals surface area contributed by atoms with Crippen LogP contribution >= 0.6 is 22.9 Å². The largest absolute Gasteiger partial charge is 0.477 e. The summed E-state index contributed by atoms with van der Waals surface area (Å²) in [6, 6.07) is 5.42. The zero-order chi connectivity index (χ0) is 14.0. The van der Waals surface area contributed by atoms with Gasteiger partial charge in [-0.25, -0.2) is 4.79 Å². The Balaban J connectivity index is 2.37. The molecule has 2 aromatic rings. The van der Waals surface area contributed by atoms with Crippen LogP contribution in [0.15, 0.2) is 29.6 Å². The van der Waals surface area contributed by atoms with Crippen LogP contribution in [0.4, 0.5) is 5.69 Å². The van der Waals surface area contributed by atoms with Gasteiger partial charge in [-0.3, -0.25) is 10.1 Å². The Morgan fingerprint density at radius 1 is 1.47 bits per heavy atom. The van der Waals surface area contributed by atoms with Gasteiger partial charge in [0.05, 0.1) is 9.95 Å². The van der Waals surface area contributed by atoms with Crippen molar-refractivity contribution in [2.45, 2.75) is 0 Å². The van der Waals surface area contributed by atoms with Crippen molar-refractivity contribution in [3.8, 4) is 11.5 Å². The molecule has 2 rings (SSSR count). The van der Waals surface area contributed by atoms with Gasteiger partial charge in [0.1, 0.15) is 10.6 Å². The predicted molar refractivity (Wildman–Crippen MR) is 69.5 cm³/mol. The highest BCUT2D eigenvalue weighted by atomic mass is 35.5. The summed E-state index contributed by atoms with van der Waals surface area (Å²) in [5.41, 5.74) is -0.282. The molecule has 0 aliphatic rings. The van der Waals surface area contributed by atoms with E-state index >= 15 is 0 Å². The van der Waals surface area contributed by atoms with Crippen LogP contribution in [-0.2, 0) is 0 Å². The minimum absolute atomic E-state index is 0.0738. The molecule has 0 saturated carbocycles. The first-order valence-electron chi connectivity index (χ1n) is 4.91. The second-order valence-electron chi connectivity index (χ2n) is 3.40. The molecule has 0 aliphatic heterocycles. The van der Waals surface area contributed by atoms with Gasteiger partial charge in [-0.2, -0.15) is 0 Å². The van der Waals surface area contributed by atoms with E-state index in [9.17, 15) is 14.9 Å². The summed E-state index contributed by atoms with van der Waals surface area (Å²) in [4.78, 5) is 21.0. The van der Waals surface area contributed by atoms with Crippen molar-refractivity contribution in [2.75, 3.05) is 0 Å². The Labute approximate surface area is 116 Å². The average molecular weight is 300 g/mol. The third-order valence-corrected chi connectivity index (χ3v) is 3.34. The summed E-state index contributed by atoms with van der Waals surface area (Å²) in [6.45, 7) is 0. The summed E-state index contributed by atoms with van der Waals surface area (Å²) >= 11 is 6.81. The second kappa shape index (κ2) is 5.25. The Morgan fingerprint density at radius 3 is 2.79 bits per heavy atom. The molecule has 98 valence electrons. The van der Waals surface area contributed by atoms with Gasteiger partial charge in [0.2, 0.25) is 5.75 Å². The lowest BCUT2D eigenvalue weighted by atomic mass is 10.3. The van der Waals surface area contributed by atoms with Crippen LogP contribution in [0.5, 0.6) is 11.5 Å². The van der Waals surface area contributed by atoms with Gasteiger partial charge in [-0.15, -0.1) is 11.3 Å². The number of carbonyl (C=O) groups is 1. The number of thiophene rings is 1. The number of halogens is 1. The van der Waals surface area contributed by atoms with Gasteiger partial charge < -0.3 is 9.84 Å². The monoisotopic (exact) mass is 299 g/mol. The lowest BCUT2D eigenvalue weighted by Crippen LogP contribution is -1.94. The van der Waals surface area contributed by atoms with E-state index in [-0.39, 0.29) is 27.1 Å². The molecule has 0 radical (unpaired) electrons. The number of nitro groups is 1. The van der Waals surface area contributed by atoms with Crippen LogP contribution in [0.1, 0.15) is 9.67 Å². The van der Waals surface area contributed by atoms with Crippen molar-refractivity contribution in [2.24, 2.45) is 0 Å². The van der Waals surface area contributed by atoms with E-state index < -0.39 is 10.9 Å². The molecule has 1 N–H and O–H groups in total. The number of carboxylic acid groups (broad SMARTS) is 1. The van der Waals surface area contributed by atoms with Gasteiger partial charge in [0.25, 0.3) is 0 Å². The van der Waals surface area contributed by atoms with Gasteiger partial charge in [-0.05, 0) is 6.07 Å². The Morgan fingerprint density at radius 2 is 2.21 bits per heavy atom. The molecule has 0 unspecified atom stereocenters. The Hall–Kier alpha value is -2.12. The molecule has 1 aromatic carbocycles. The highest BCUT2D eigenvalue weighted by Crippen LogP contribution is 2.38. The van der Waals surface area contributed by atoms with Crippen LogP contribution in [0.3, 0.4) is 0 Å². The molecule has 0 atom stereocenters. The summed E-state index contributed by atoms with van der Waals surface area (Å²) in [6.07, 6.45) is 0. The molecule has 0 aliphatic carbocycles. The number of rotatable bonds is 4. The number of aromatic carboxylic acids is 1. The first-order chi connectivity index (χ1) is 8.99. The van der Waals surface area contributed by atoms with Crippen LogP contribution in [0.25, 0.3) is 0 Å². The maximum absolute atomic E-state index is 10.9. The maximum Gasteiger partial charge on any atom is 0.346 e. The van der Waals surface area contributed by atoms with E-state index in [1.165, 1.54) is 29.6 Å². The van der Waals surface area contributed by atoms with E-state index in [0.717, 1.165) is 11.3 Å². The molecule has 19 heavy (non-hydrogen) atoms. The van der Waals surface area contributed by atoms with E-state index in [0.29, 0.717) is 0 Å². The van der Waals surface area contributed by atoms with E-state index in [1.54, 1.807) is 0 Å². The van der Waals surface area contributed by atoms with Gasteiger partial charge in [0, 0.05) is 17.5 Å². The molecule has 1 aromatic heterocycles. The fraction of sp³-hybridized carbons (Fsp3) is 0. The molecule has 1 heterocycles. The van der Waals surface area contributed by atoms with Crippen LogP contribution in [-0.4, -0.2) is 16.0 Å². The Kier molecular flexibility index (Phi) is 3.68. The number of carboxylic acids is 1. The minimum Gasteiger partial charge on any atom is -0.477 e. The highest BCUT2D eigenvalue weighted by molar-refractivity contribution is 7.12. The van der Waals surface area contributed by atoms with E-state index in [4.69, 9.17) is 21.4 Å².